The second kappa shape index (κ2) is 11.6. The second-order valence-electron chi connectivity index (χ2n) is 7.25. The first-order valence-electron chi connectivity index (χ1n) is 10.1. The molecule has 2 aromatic carbocycles. The summed E-state index contributed by atoms with van der Waals surface area (Å²) < 4.78 is 0. The van der Waals surface area contributed by atoms with Crippen LogP contribution in [0.2, 0.25) is 0 Å². The summed E-state index contributed by atoms with van der Waals surface area (Å²) in [6, 6.07) is 17.4. The minimum absolute atomic E-state index is 0.00812. The van der Waals surface area contributed by atoms with E-state index in [0.717, 1.165) is 33.9 Å². The van der Waals surface area contributed by atoms with Crippen LogP contribution in [0.25, 0.3) is 0 Å². The summed E-state index contributed by atoms with van der Waals surface area (Å²) >= 11 is 1.59. The van der Waals surface area contributed by atoms with Gasteiger partial charge in [0.15, 0.2) is 12.6 Å². The van der Waals surface area contributed by atoms with Gasteiger partial charge in [-0.2, -0.15) is 0 Å². The smallest absolute Gasteiger partial charge is 0.279 e. The normalized spacial score (nSPS) is 13.9. The Morgan fingerprint density at radius 1 is 1.07 bits per heavy atom. The van der Waals surface area contributed by atoms with Gasteiger partial charge in [-0.1, -0.05) is 55.8 Å². The Labute approximate surface area is 178 Å². The lowest BCUT2D eigenvalue weighted by atomic mass is 10.0. The summed E-state index contributed by atoms with van der Waals surface area (Å²) in [5, 5.41) is 6.12. The molecule has 156 valence electrons. The van der Waals surface area contributed by atoms with Gasteiger partial charge >= 0.3 is 0 Å². The van der Waals surface area contributed by atoms with E-state index in [4.69, 9.17) is 0 Å². The number of likely N-dealkylation sites (N-methyl/N-ethyl adjacent to an activating group) is 1. The third kappa shape index (κ3) is 6.91. The molecule has 0 aliphatic rings. The van der Waals surface area contributed by atoms with Crippen molar-refractivity contribution in [2.24, 2.45) is 0 Å². The zero-order valence-electron chi connectivity index (χ0n) is 17.7. The van der Waals surface area contributed by atoms with Crippen LogP contribution >= 0.6 is 11.8 Å². The predicted molar refractivity (Wildman–Crippen MR) is 120 cm³/mol. The van der Waals surface area contributed by atoms with E-state index in [1.54, 1.807) is 11.8 Å². The highest BCUT2D eigenvalue weighted by Gasteiger charge is 2.26. The quantitative estimate of drug-likeness (QED) is 0.524. The Bertz CT molecular complexity index is 798. The first-order valence-corrected chi connectivity index (χ1v) is 11.3. The molecule has 1 unspecified atom stereocenters. The molecule has 0 saturated carbocycles. The number of amides is 2. The molecule has 0 spiro atoms. The van der Waals surface area contributed by atoms with Gasteiger partial charge < -0.3 is 15.5 Å². The third-order valence-corrected chi connectivity index (χ3v) is 5.84. The molecule has 3 atom stereocenters. The van der Waals surface area contributed by atoms with Gasteiger partial charge in [-0.05, 0) is 37.3 Å². The lowest BCUT2D eigenvalue weighted by molar-refractivity contribution is -0.885. The summed E-state index contributed by atoms with van der Waals surface area (Å²) in [4.78, 5) is 27.2. The Kier molecular flexibility index (Phi) is 9.22. The standard InChI is InChI=1S/C23H31N3O2S/c1-5-11-19(18-12-7-6-8-13-18)25-23(28)17(2)26(3)16-22(27)24-20-14-9-10-15-21(20)29-4/h6-10,12-15,17,19H,5,11,16H2,1-4H3,(H,24,27)(H,25,28)/p+1/t17-,19+/m0/s1. The summed E-state index contributed by atoms with van der Waals surface area (Å²) in [7, 11) is 1.88. The van der Waals surface area contributed by atoms with Gasteiger partial charge in [-0.3, -0.25) is 9.59 Å². The number of hydrogen-bond acceptors (Lipinski definition) is 3. The van der Waals surface area contributed by atoms with E-state index in [1.165, 1.54) is 0 Å². The maximum atomic E-state index is 12.8. The van der Waals surface area contributed by atoms with E-state index in [1.807, 2.05) is 74.8 Å². The van der Waals surface area contributed by atoms with Gasteiger partial charge in [0.1, 0.15) is 0 Å². The van der Waals surface area contributed by atoms with Crippen LogP contribution in [0.1, 0.15) is 38.3 Å². The van der Waals surface area contributed by atoms with Crippen molar-refractivity contribution in [3.8, 4) is 0 Å². The van der Waals surface area contributed by atoms with Crippen molar-refractivity contribution in [1.29, 1.82) is 0 Å². The van der Waals surface area contributed by atoms with Crippen LogP contribution in [0.5, 0.6) is 0 Å². The van der Waals surface area contributed by atoms with Crippen LogP contribution in [0.15, 0.2) is 59.5 Å². The summed E-state index contributed by atoms with van der Waals surface area (Å²) in [6.07, 6.45) is 3.84. The average Bonchev–Trinajstić information content (AvgIpc) is 2.73. The van der Waals surface area contributed by atoms with Crippen LogP contribution in [0.3, 0.4) is 0 Å². The maximum absolute atomic E-state index is 12.8. The van der Waals surface area contributed by atoms with Crippen molar-refractivity contribution in [2.45, 2.75) is 43.7 Å². The van der Waals surface area contributed by atoms with Gasteiger partial charge in [0, 0.05) is 4.90 Å². The van der Waals surface area contributed by atoms with Crippen LogP contribution < -0.4 is 15.5 Å². The van der Waals surface area contributed by atoms with E-state index in [0.29, 0.717) is 0 Å². The molecule has 0 aliphatic carbocycles. The van der Waals surface area contributed by atoms with Crippen molar-refractivity contribution in [2.75, 3.05) is 25.2 Å². The number of carbonyl (C=O) groups excluding carboxylic acids is 2. The van der Waals surface area contributed by atoms with E-state index in [2.05, 4.69) is 17.6 Å². The molecule has 0 saturated heterocycles. The van der Waals surface area contributed by atoms with Crippen LogP contribution in [-0.4, -0.2) is 37.7 Å². The largest absolute Gasteiger partial charge is 0.344 e. The van der Waals surface area contributed by atoms with Crippen LogP contribution in [0.4, 0.5) is 5.69 Å². The topological polar surface area (TPSA) is 62.6 Å². The molecule has 2 rings (SSSR count). The number of benzene rings is 2. The fourth-order valence-electron chi connectivity index (χ4n) is 3.17. The minimum atomic E-state index is -0.334. The van der Waals surface area contributed by atoms with Gasteiger partial charge in [0.05, 0.1) is 18.8 Å². The van der Waals surface area contributed by atoms with Crippen molar-refractivity contribution < 1.29 is 14.5 Å². The predicted octanol–water partition coefficient (Wildman–Crippen LogP) is 2.91. The number of rotatable bonds is 10. The van der Waals surface area contributed by atoms with Gasteiger partial charge in [-0.15, -0.1) is 11.8 Å². The highest BCUT2D eigenvalue weighted by Crippen LogP contribution is 2.24. The first kappa shape index (κ1) is 23.0. The Hall–Kier alpha value is -2.31. The minimum Gasteiger partial charge on any atom is -0.344 e. The lowest BCUT2D eigenvalue weighted by Gasteiger charge is -2.24. The van der Waals surface area contributed by atoms with Crippen molar-refractivity contribution in [1.82, 2.24) is 5.32 Å². The molecule has 2 amide bonds. The zero-order chi connectivity index (χ0) is 21.2. The highest BCUT2D eigenvalue weighted by atomic mass is 32.2. The lowest BCUT2D eigenvalue weighted by Crippen LogP contribution is -3.15. The summed E-state index contributed by atoms with van der Waals surface area (Å²) in [5.41, 5.74) is 1.92. The average molecular weight is 415 g/mol. The number of thioether (sulfide) groups is 1. The van der Waals surface area contributed by atoms with Gasteiger partial charge in [0.2, 0.25) is 0 Å². The molecular formula is C23H32N3O2S+. The van der Waals surface area contributed by atoms with Crippen molar-refractivity contribution in [3.05, 3.63) is 60.2 Å². The summed E-state index contributed by atoms with van der Waals surface area (Å²) in [5.74, 6) is -0.140. The first-order chi connectivity index (χ1) is 14.0. The number of carbonyl (C=O) groups is 2. The number of nitrogens with one attached hydrogen (secondary N) is 3. The molecule has 0 bridgehead atoms. The molecule has 2 aromatic rings. The molecular weight excluding hydrogens is 382 g/mol. The fourth-order valence-corrected chi connectivity index (χ4v) is 3.72. The molecule has 0 aliphatic heterocycles. The molecule has 0 heterocycles. The highest BCUT2D eigenvalue weighted by molar-refractivity contribution is 7.98. The Morgan fingerprint density at radius 3 is 2.38 bits per heavy atom. The number of anilines is 1. The molecule has 29 heavy (non-hydrogen) atoms. The van der Waals surface area contributed by atoms with Crippen LogP contribution in [-0.2, 0) is 9.59 Å². The SMILES string of the molecule is CCC[C@@H](NC(=O)[C@H](C)[NH+](C)CC(=O)Nc1ccccc1SC)c1ccccc1. The Balaban J connectivity index is 1.94. The van der Waals surface area contributed by atoms with Gasteiger partial charge in [0.25, 0.3) is 11.8 Å². The van der Waals surface area contributed by atoms with E-state index >= 15 is 0 Å². The zero-order valence-corrected chi connectivity index (χ0v) is 18.5. The van der Waals surface area contributed by atoms with Crippen molar-refractivity contribution in [3.63, 3.8) is 0 Å². The van der Waals surface area contributed by atoms with E-state index in [9.17, 15) is 9.59 Å². The second-order valence-corrected chi connectivity index (χ2v) is 8.10. The number of para-hydroxylation sites is 1. The summed E-state index contributed by atoms with van der Waals surface area (Å²) in [6.45, 7) is 4.20. The van der Waals surface area contributed by atoms with Crippen molar-refractivity contribution >= 4 is 29.3 Å². The van der Waals surface area contributed by atoms with E-state index in [-0.39, 0.29) is 30.4 Å². The number of hydrogen-bond donors (Lipinski definition) is 3. The molecule has 5 nitrogen and oxygen atoms in total. The third-order valence-electron chi connectivity index (χ3n) is 5.05. The van der Waals surface area contributed by atoms with E-state index < -0.39 is 0 Å². The molecule has 0 aromatic heterocycles. The maximum Gasteiger partial charge on any atom is 0.279 e. The monoisotopic (exact) mass is 414 g/mol. The van der Waals surface area contributed by atoms with Gasteiger partial charge in [-0.25, -0.2) is 0 Å². The number of quaternary nitrogens is 1. The Morgan fingerprint density at radius 2 is 1.72 bits per heavy atom. The molecule has 0 radical (unpaired) electrons. The molecule has 0 fully saturated rings. The van der Waals surface area contributed by atoms with Crippen LogP contribution in [0, 0.1) is 0 Å². The fraction of sp³-hybridized carbons (Fsp3) is 0.391. The molecule has 3 N–H and O–H groups in total. The molecule has 6 heteroatoms.